The summed E-state index contributed by atoms with van der Waals surface area (Å²) in [5, 5.41) is 12.7. The number of halogens is 1. The summed E-state index contributed by atoms with van der Waals surface area (Å²) in [5.41, 5.74) is 0. The second-order valence-electron chi connectivity index (χ2n) is 5.51. The highest BCUT2D eigenvalue weighted by molar-refractivity contribution is 5.45. The normalized spacial score (nSPS) is 14.9. The largest absolute Gasteiger partial charge is 0.353 e. The standard InChI is InChI=1S/C16H16FN7/c17-13-2-3-14(18-12-13)22-8-10-23(11-9-22)15-4-5-16(21-20-15)24-7-1-6-19-24/h1-7,12H,8-11H2. The number of rotatable bonds is 3. The molecule has 1 aliphatic rings. The number of pyridine rings is 1. The van der Waals surface area contributed by atoms with Crippen LogP contribution >= 0.6 is 0 Å². The summed E-state index contributed by atoms with van der Waals surface area (Å²) in [5.74, 6) is 2.02. The molecule has 0 bridgehead atoms. The second-order valence-corrected chi connectivity index (χ2v) is 5.51. The van der Waals surface area contributed by atoms with Gasteiger partial charge < -0.3 is 9.80 Å². The van der Waals surface area contributed by atoms with Crippen LogP contribution in [-0.4, -0.2) is 51.1 Å². The molecule has 1 fully saturated rings. The predicted molar refractivity (Wildman–Crippen MR) is 87.8 cm³/mol. The monoisotopic (exact) mass is 325 g/mol. The van der Waals surface area contributed by atoms with E-state index in [2.05, 4.69) is 30.1 Å². The maximum absolute atomic E-state index is 13.0. The molecule has 0 unspecified atom stereocenters. The summed E-state index contributed by atoms with van der Waals surface area (Å²) >= 11 is 0. The Balaban J connectivity index is 1.41. The van der Waals surface area contributed by atoms with Crippen LogP contribution in [0.25, 0.3) is 5.82 Å². The Hall–Kier alpha value is -3.03. The van der Waals surface area contributed by atoms with Gasteiger partial charge in [0.15, 0.2) is 11.6 Å². The van der Waals surface area contributed by atoms with E-state index in [4.69, 9.17) is 0 Å². The molecule has 0 N–H and O–H groups in total. The molecule has 0 radical (unpaired) electrons. The quantitative estimate of drug-likeness (QED) is 0.728. The first kappa shape index (κ1) is 14.6. The summed E-state index contributed by atoms with van der Waals surface area (Å²) in [6.45, 7) is 3.24. The Bertz CT molecular complexity index is 778. The minimum absolute atomic E-state index is 0.315. The highest BCUT2D eigenvalue weighted by atomic mass is 19.1. The maximum Gasteiger partial charge on any atom is 0.175 e. The lowest BCUT2D eigenvalue weighted by atomic mass is 10.3. The highest BCUT2D eigenvalue weighted by Crippen LogP contribution is 2.17. The Morgan fingerprint density at radius 2 is 1.50 bits per heavy atom. The Labute approximate surface area is 138 Å². The molecule has 0 spiro atoms. The molecule has 3 aromatic heterocycles. The average molecular weight is 325 g/mol. The molecule has 3 aromatic rings. The summed E-state index contributed by atoms with van der Waals surface area (Å²) in [6, 6.07) is 8.86. The predicted octanol–water partition coefficient (Wildman–Crippen LogP) is 1.52. The summed E-state index contributed by atoms with van der Waals surface area (Å²) < 4.78 is 14.6. The van der Waals surface area contributed by atoms with E-state index in [1.54, 1.807) is 16.9 Å². The molecule has 0 amide bonds. The van der Waals surface area contributed by atoms with Crippen molar-refractivity contribution in [2.75, 3.05) is 36.0 Å². The molecule has 1 aliphatic heterocycles. The number of hydrogen-bond donors (Lipinski definition) is 0. The average Bonchev–Trinajstić information content (AvgIpc) is 3.17. The van der Waals surface area contributed by atoms with E-state index in [-0.39, 0.29) is 5.82 Å². The van der Waals surface area contributed by atoms with Crippen molar-refractivity contribution in [3.63, 3.8) is 0 Å². The number of hydrogen-bond acceptors (Lipinski definition) is 6. The zero-order chi connectivity index (χ0) is 16.4. The Morgan fingerprint density at radius 3 is 2.08 bits per heavy atom. The van der Waals surface area contributed by atoms with Crippen molar-refractivity contribution in [1.29, 1.82) is 0 Å². The van der Waals surface area contributed by atoms with Crippen LogP contribution in [0.4, 0.5) is 16.0 Å². The minimum Gasteiger partial charge on any atom is -0.353 e. The van der Waals surface area contributed by atoms with E-state index in [0.717, 1.165) is 37.8 Å². The first-order chi connectivity index (χ1) is 11.8. The molecule has 0 saturated carbocycles. The van der Waals surface area contributed by atoms with Crippen molar-refractivity contribution in [2.45, 2.75) is 0 Å². The molecule has 24 heavy (non-hydrogen) atoms. The van der Waals surface area contributed by atoms with Gasteiger partial charge in [-0.3, -0.25) is 0 Å². The lowest BCUT2D eigenvalue weighted by molar-refractivity contribution is 0.613. The van der Waals surface area contributed by atoms with Crippen LogP contribution in [0.15, 0.2) is 48.9 Å². The fourth-order valence-corrected chi connectivity index (χ4v) is 2.73. The van der Waals surface area contributed by atoms with E-state index < -0.39 is 0 Å². The molecule has 7 nitrogen and oxygen atoms in total. The van der Waals surface area contributed by atoms with Crippen molar-refractivity contribution in [3.8, 4) is 5.82 Å². The van der Waals surface area contributed by atoms with Crippen LogP contribution in [0.2, 0.25) is 0 Å². The number of piperazine rings is 1. The zero-order valence-electron chi connectivity index (χ0n) is 13.0. The van der Waals surface area contributed by atoms with Gasteiger partial charge in [-0.1, -0.05) is 0 Å². The van der Waals surface area contributed by atoms with Crippen molar-refractivity contribution >= 4 is 11.6 Å². The van der Waals surface area contributed by atoms with Crippen LogP contribution in [0, 0.1) is 5.82 Å². The van der Waals surface area contributed by atoms with Crippen LogP contribution < -0.4 is 9.80 Å². The van der Waals surface area contributed by atoms with Crippen LogP contribution in [-0.2, 0) is 0 Å². The van der Waals surface area contributed by atoms with Gasteiger partial charge in [0, 0.05) is 38.6 Å². The topological polar surface area (TPSA) is 63.0 Å². The fourth-order valence-electron chi connectivity index (χ4n) is 2.73. The third kappa shape index (κ3) is 2.90. The number of nitrogens with zero attached hydrogens (tertiary/aromatic N) is 7. The third-order valence-corrected chi connectivity index (χ3v) is 4.01. The Morgan fingerprint density at radius 1 is 0.833 bits per heavy atom. The van der Waals surface area contributed by atoms with Gasteiger partial charge in [-0.2, -0.15) is 5.10 Å². The molecule has 0 aromatic carbocycles. The van der Waals surface area contributed by atoms with E-state index in [1.165, 1.54) is 12.3 Å². The zero-order valence-corrected chi connectivity index (χ0v) is 13.0. The van der Waals surface area contributed by atoms with Crippen LogP contribution in [0.1, 0.15) is 0 Å². The van der Waals surface area contributed by atoms with Gasteiger partial charge in [0.1, 0.15) is 11.6 Å². The summed E-state index contributed by atoms with van der Waals surface area (Å²) in [4.78, 5) is 8.46. The molecule has 0 atom stereocenters. The van der Waals surface area contributed by atoms with Gasteiger partial charge in [-0.25, -0.2) is 14.1 Å². The SMILES string of the molecule is Fc1ccc(N2CCN(c3ccc(-n4cccn4)nn3)CC2)nc1. The first-order valence-corrected chi connectivity index (χ1v) is 7.75. The van der Waals surface area contributed by atoms with E-state index >= 15 is 0 Å². The molecule has 122 valence electrons. The van der Waals surface area contributed by atoms with E-state index in [9.17, 15) is 4.39 Å². The molecular weight excluding hydrogens is 309 g/mol. The molecule has 8 heteroatoms. The number of aromatic nitrogens is 5. The molecule has 0 aliphatic carbocycles. The minimum atomic E-state index is -0.315. The van der Waals surface area contributed by atoms with E-state index in [1.807, 2.05) is 24.4 Å². The van der Waals surface area contributed by atoms with Crippen molar-refractivity contribution in [1.82, 2.24) is 25.0 Å². The lowest BCUT2D eigenvalue weighted by Gasteiger charge is -2.35. The van der Waals surface area contributed by atoms with Gasteiger partial charge in [0.2, 0.25) is 0 Å². The van der Waals surface area contributed by atoms with Crippen LogP contribution in [0.5, 0.6) is 0 Å². The highest BCUT2D eigenvalue weighted by Gasteiger charge is 2.19. The van der Waals surface area contributed by atoms with Gasteiger partial charge in [0.25, 0.3) is 0 Å². The van der Waals surface area contributed by atoms with Crippen molar-refractivity contribution in [2.24, 2.45) is 0 Å². The Kier molecular flexibility index (Phi) is 3.78. The summed E-state index contributed by atoms with van der Waals surface area (Å²) in [6.07, 6.45) is 4.79. The molecule has 4 rings (SSSR count). The second kappa shape index (κ2) is 6.23. The van der Waals surface area contributed by atoms with E-state index in [0.29, 0.717) is 5.82 Å². The smallest absolute Gasteiger partial charge is 0.175 e. The summed E-state index contributed by atoms with van der Waals surface area (Å²) in [7, 11) is 0. The van der Waals surface area contributed by atoms with Gasteiger partial charge in [0.05, 0.1) is 6.20 Å². The van der Waals surface area contributed by atoms with Gasteiger partial charge in [-0.15, -0.1) is 10.2 Å². The lowest BCUT2D eigenvalue weighted by Crippen LogP contribution is -2.47. The molecular formula is C16H16FN7. The number of anilines is 2. The maximum atomic E-state index is 13.0. The van der Waals surface area contributed by atoms with Crippen molar-refractivity contribution < 1.29 is 4.39 Å². The first-order valence-electron chi connectivity index (χ1n) is 7.75. The van der Waals surface area contributed by atoms with Gasteiger partial charge >= 0.3 is 0 Å². The third-order valence-electron chi connectivity index (χ3n) is 4.01. The van der Waals surface area contributed by atoms with Crippen LogP contribution in [0.3, 0.4) is 0 Å². The molecule has 1 saturated heterocycles. The fraction of sp³-hybridized carbons (Fsp3) is 0.250. The van der Waals surface area contributed by atoms with Gasteiger partial charge in [-0.05, 0) is 30.3 Å². The molecule has 4 heterocycles. The van der Waals surface area contributed by atoms with Crippen molar-refractivity contribution in [3.05, 3.63) is 54.7 Å².